The Balaban J connectivity index is 0. The summed E-state index contributed by atoms with van der Waals surface area (Å²) < 4.78 is 70.5. The molecule has 3 aliphatic heterocycles. The number of anilines is 1. The number of carbonyl (C=O) groups excluding carboxylic acids is 2. The second-order valence-corrected chi connectivity index (χ2v) is 13.5. The molecule has 1 saturated heterocycles. The summed E-state index contributed by atoms with van der Waals surface area (Å²) in [6, 6.07) is 10.5. The summed E-state index contributed by atoms with van der Waals surface area (Å²) in [6.07, 6.45) is 11.4. The number of benzene rings is 2. The average Bonchev–Trinajstić information content (AvgIpc) is 3.81. The molecular formula is C42H58Cl2F4N3NaO4S. The maximum Gasteiger partial charge on any atom is 1.00 e. The molecule has 3 aliphatic rings. The smallest absolute Gasteiger partial charge is 1.00 e. The number of fused-ring (bicyclic) bond motifs is 2. The number of carbonyl (C=O) groups is 2. The molecule has 1 fully saturated rings. The molecule has 0 unspecified atom stereocenters. The molecule has 15 heteroatoms. The van der Waals surface area contributed by atoms with Gasteiger partial charge < -0.3 is 25.8 Å². The summed E-state index contributed by atoms with van der Waals surface area (Å²) in [4.78, 5) is 24.3. The van der Waals surface area contributed by atoms with E-state index in [4.69, 9.17) is 39.8 Å². The number of nitrogens with zero attached hydrogens (tertiary/aromatic N) is 2. The molecule has 0 spiro atoms. The maximum atomic E-state index is 13.3. The van der Waals surface area contributed by atoms with Gasteiger partial charge in [0.25, 0.3) is 0 Å². The Morgan fingerprint density at radius 3 is 1.74 bits per heavy atom. The topological polar surface area (TPSA) is 88.5 Å². The predicted molar refractivity (Wildman–Crippen MR) is 225 cm³/mol. The first-order valence-corrected chi connectivity index (χ1v) is 19.4. The van der Waals surface area contributed by atoms with Crippen LogP contribution >= 0.6 is 35.8 Å². The van der Waals surface area contributed by atoms with Gasteiger partial charge in [-0.25, -0.2) is 22.4 Å². The Labute approximate surface area is 376 Å². The number of ketones is 1. The molecule has 0 bridgehead atoms. The van der Waals surface area contributed by atoms with Crippen molar-refractivity contribution in [3.8, 4) is 0 Å². The number of aromatic nitrogens is 2. The molecule has 0 saturated carbocycles. The summed E-state index contributed by atoms with van der Waals surface area (Å²) in [7, 11) is 0. The molecule has 0 radical (unpaired) electrons. The second kappa shape index (κ2) is 28.9. The molecule has 0 atom stereocenters. The van der Waals surface area contributed by atoms with Crippen molar-refractivity contribution in [3.05, 3.63) is 110 Å². The van der Waals surface area contributed by atoms with Gasteiger partial charge in [-0.1, -0.05) is 57.0 Å². The van der Waals surface area contributed by atoms with Gasteiger partial charge in [-0.3, -0.25) is 4.79 Å². The zero-order chi connectivity index (χ0) is 40.3. The fourth-order valence-corrected chi connectivity index (χ4v) is 6.83. The summed E-state index contributed by atoms with van der Waals surface area (Å²) in [5.41, 5.74) is 9.05. The molecule has 2 aromatic carbocycles. The molecule has 0 aliphatic carbocycles. The largest absolute Gasteiger partial charge is 1.00 e. The molecule has 7 rings (SSSR count). The number of halogens is 6. The van der Waals surface area contributed by atoms with Gasteiger partial charge in [0.1, 0.15) is 11.4 Å². The third-order valence-electron chi connectivity index (χ3n) is 8.75. The van der Waals surface area contributed by atoms with Crippen molar-refractivity contribution in [1.29, 1.82) is 0 Å². The molecule has 4 aromatic rings. The Bertz CT molecular complexity index is 1840. The van der Waals surface area contributed by atoms with Crippen molar-refractivity contribution < 1.29 is 69.0 Å². The number of hydrogen-bond donors (Lipinski definition) is 2. The van der Waals surface area contributed by atoms with Crippen molar-refractivity contribution in [2.75, 3.05) is 31.8 Å². The van der Waals surface area contributed by atoms with Crippen molar-refractivity contribution in [2.45, 2.75) is 105 Å². The predicted octanol–water partition coefficient (Wildman–Crippen LogP) is 8.89. The molecule has 2 aromatic heterocycles. The molecule has 314 valence electrons. The summed E-state index contributed by atoms with van der Waals surface area (Å²) in [6.45, 7) is 5.84. The van der Waals surface area contributed by atoms with Crippen LogP contribution in [0.25, 0.3) is 0 Å². The van der Waals surface area contributed by atoms with Gasteiger partial charge in [0.2, 0.25) is 0 Å². The van der Waals surface area contributed by atoms with E-state index in [1.807, 2.05) is 21.3 Å². The quantitative estimate of drug-likeness (QED) is 0.0523. The monoisotopic (exact) mass is 870 g/mol. The number of hydrogen-bond acceptors (Lipinski definition) is 6. The average molecular weight is 872 g/mol. The minimum Gasteiger partial charge on any atom is -1.00 e. The summed E-state index contributed by atoms with van der Waals surface area (Å²) >= 11 is 15.8. The third kappa shape index (κ3) is 17.0. The van der Waals surface area contributed by atoms with Gasteiger partial charge in [0, 0.05) is 51.2 Å². The minimum atomic E-state index is -0.939. The molecule has 0 amide bonds. The Morgan fingerprint density at radius 1 is 0.789 bits per heavy atom. The third-order valence-corrected chi connectivity index (χ3v) is 9.33. The molecule has 5 heterocycles. The van der Waals surface area contributed by atoms with Crippen LogP contribution in [0.4, 0.5) is 23.2 Å². The zero-order valence-corrected chi connectivity index (χ0v) is 35.9. The van der Waals surface area contributed by atoms with E-state index in [0.29, 0.717) is 33.6 Å². The van der Waals surface area contributed by atoms with Crippen LogP contribution in [0.2, 0.25) is 10.0 Å². The van der Waals surface area contributed by atoms with E-state index in [1.54, 1.807) is 6.92 Å². The Morgan fingerprint density at radius 2 is 1.28 bits per heavy atom. The number of Topliss-reactive ketones (excluding diaryl/α,β-unsaturated/α-hetero) is 1. The van der Waals surface area contributed by atoms with Crippen molar-refractivity contribution >= 4 is 53.3 Å². The molecular weight excluding hydrogens is 812 g/mol. The maximum absolute atomic E-state index is 13.3. The molecule has 7 nitrogen and oxygen atoms in total. The van der Waals surface area contributed by atoms with Crippen LogP contribution in [0.1, 0.15) is 114 Å². The van der Waals surface area contributed by atoms with Gasteiger partial charge in [0.05, 0.1) is 16.7 Å². The standard InChI is InChI=1S/C17H16ClF2NO.C12H16ClNO2.C6H5F2N.C4H8O.CH4S.2CH4.Na.H/c18-13-10-12-4-2-1-3-7-21(12)17(13)16(22)9-11-5-6-14(19)15(20)8-11;1-2-16-12(15)11-10(13)8-9-6-4-3-5-7-14(9)11;7-5-2-1-4(9)3-6(5)8;1-2-4-5-3-1;1-2;;;;/h5-6,8,10H,1-4,7,9H2;8H,2-7H2,1H3;1-3H,9H2;1-4H2;2H,1H3;2*1H4;;/q;;;;;;;+1;-1/i;;;;1D;;;;. The number of nitrogen functional groups attached to an aromatic ring is 1. The first kappa shape index (κ1) is 52.6. The van der Waals surface area contributed by atoms with E-state index in [-0.39, 0.29) is 75.9 Å². The first-order valence-electron chi connectivity index (χ1n) is 18.7. The van der Waals surface area contributed by atoms with Crippen LogP contribution in [-0.4, -0.2) is 46.9 Å². The summed E-state index contributed by atoms with van der Waals surface area (Å²) in [5, 5.41) is 0.972. The van der Waals surface area contributed by atoms with Crippen LogP contribution in [0.3, 0.4) is 0 Å². The van der Waals surface area contributed by atoms with Crippen LogP contribution < -0.4 is 35.3 Å². The number of thiol groups is 1. The minimum absolute atomic E-state index is 0. The summed E-state index contributed by atoms with van der Waals surface area (Å²) in [5.74, 6) is -4.10. The van der Waals surface area contributed by atoms with Gasteiger partial charge in [-0.2, -0.15) is 12.6 Å². The number of ether oxygens (including phenoxy) is 2. The van der Waals surface area contributed by atoms with E-state index >= 15 is 0 Å². The van der Waals surface area contributed by atoms with Gasteiger partial charge in [0.15, 0.2) is 29.1 Å². The fourth-order valence-electron chi connectivity index (χ4n) is 6.19. The van der Waals surface area contributed by atoms with Gasteiger partial charge in [-0.15, -0.1) is 0 Å². The Hall–Kier alpha value is -2.45. The van der Waals surface area contributed by atoms with E-state index in [1.165, 1.54) is 37.8 Å². The number of esters is 1. The molecule has 2 N–H and O–H groups in total. The van der Waals surface area contributed by atoms with Crippen LogP contribution in [-0.2, 0) is 41.8 Å². The second-order valence-electron chi connectivity index (χ2n) is 12.7. The van der Waals surface area contributed by atoms with E-state index in [0.717, 1.165) is 100 Å². The zero-order valence-electron chi connectivity index (χ0n) is 33.5. The van der Waals surface area contributed by atoms with Crippen LogP contribution in [0.15, 0.2) is 48.5 Å². The Kier molecular flexibility index (Phi) is 26.6. The fraction of sp³-hybridized carbons (Fsp3) is 0.476. The number of nitrogens with two attached hydrogens (primary N) is 1. The van der Waals surface area contributed by atoms with Crippen molar-refractivity contribution in [3.63, 3.8) is 0 Å². The number of aryl methyl sites for hydroxylation is 2. The normalized spacial score (nSPS) is 13.9. The van der Waals surface area contributed by atoms with Gasteiger partial charge >= 0.3 is 35.5 Å². The first-order chi connectivity index (χ1) is 26.4. The number of rotatable bonds is 5. The molecule has 57 heavy (non-hydrogen) atoms. The SMILES string of the molecule is C.C.C1CCOC1.CCOC(=O)c1c(Cl)cc2n1CCCCC2.Nc1ccc(F)c(F)c1.O=C(Cc1ccc(F)c(F)c1)c1c(Cl)cc2n1CCCCC2.[2H]CS.[H-].[Na+]. The van der Waals surface area contributed by atoms with Crippen LogP contribution in [0, 0.1) is 23.3 Å². The van der Waals surface area contributed by atoms with Crippen molar-refractivity contribution in [1.82, 2.24) is 9.13 Å². The van der Waals surface area contributed by atoms with Crippen LogP contribution in [0.5, 0.6) is 0 Å². The van der Waals surface area contributed by atoms with E-state index in [2.05, 4.69) is 12.6 Å². The van der Waals surface area contributed by atoms with Crippen molar-refractivity contribution in [2.24, 2.45) is 0 Å². The van der Waals surface area contributed by atoms with E-state index < -0.39 is 23.3 Å². The van der Waals surface area contributed by atoms with Gasteiger partial charge in [-0.05, 0) is 113 Å². The van der Waals surface area contributed by atoms with E-state index in [9.17, 15) is 27.2 Å².